The Balaban J connectivity index is 2.19. The molecule has 0 spiro atoms. The van der Waals surface area contributed by atoms with E-state index in [1.54, 1.807) is 0 Å². The maximum absolute atomic E-state index is 4.84. The second-order valence-electron chi connectivity index (χ2n) is 5.59. The van der Waals surface area contributed by atoms with Gasteiger partial charge in [0.15, 0.2) is 5.13 Å². The van der Waals surface area contributed by atoms with E-state index in [1.165, 1.54) is 54.4 Å². The van der Waals surface area contributed by atoms with Crippen LogP contribution in [0.25, 0.3) is 0 Å². The molecule has 0 radical (unpaired) electrons. The van der Waals surface area contributed by atoms with Crippen LogP contribution in [-0.4, -0.2) is 24.6 Å². The van der Waals surface area contributed by atoms with E-state index in [4.69, 9.17) is 4.98 Å². The third kappa shape index (κ3) is 3.29. The van der Waals surface area contributed by atoms with Gasteiger partial charge in [-0.3, -0.25) is 0 Å². The summed E-state index contributed by atoms with van der Waals surface area (Å²) in [5, 5.41) is 4.57. The van der Waals surface area contributed by atoms with Crippen molar-refractivity contribution in [3.63, 3.8) is 0 Å². The molecule has 2 unspecified atom stereocenters. The summed E-state index contributed by atoms with van der Waals surface area (Å²) in [7, 11) is 2.02. The molecule has 1 aliphatic heterocycles. The summed E-state index contributed by atoms with van der Waals surface area (Å²) in [6.07, 6.45) is 6.60. The number of aryl methyl sites for hydroxylation is 1. The van der Waals surface area contributed by atoms with Gasteiger partial charge in [0.2, 0.25) is 0 Å². The first-order chi connectivity index (χ1) is 9.17. The van der Waals surface area contributed by atoms with Gasteiger partial charge in [-0.15, -0.1) is 11.3 Å². The minimum atomic E-state index is 0.403. The zero-order chi connectivity index (χ0) is 13.8. The SMILES string of the molecule is CCCC1CCCCN1c1nc(C)c(C(C)NC)s1. The second-order valence-corrected chi connectivity index (χ2v) is 6.60. The van der Waals surface area contributed by atoms with E-state index >= 15 is 0 Å². The highest BCUT2D eigenvalue weighted by molar-refractivity contribution is 7.15. The third-order valence-electron chi connectivity index (χ3n) is 4.14. The summed E-state index contributed by atoms with van der Waals surface area (Å²) < 4.78 is 0. The number of hydrogen-bond donors (Lipinski definition) is 1. The molecule has 0 aromatic carbocycles. The molecule has 2 rings (SSSR count). The van der Waals surface area contributed by atoms with E-state index in [1.807, 2.05) is 18.4 Å². The van der Waals surface area contributed by atoms with Crippen molar-refractivity contribution in [1.29, 1.82) is 0 Å². The second kappa shape index (κ2) is 6.71. The van der Waals surface area contributed by atoms with Gasteiger partial charge in [-0.25, -0.2) is 4.98 Å². The standard InChI is InChI=1S/C15H27N3S/c1-5-8-13-9-6-7-10-18(13)15-17-12(3)14(19-15)11(2)16-4/h11,13,16H,5-10H2,1-4H3. The average molecular weight is 281 g/mol. The number of piperidine rings is 1. The first-order valence-electron chi connectivity index (χ1n) is 7.58. The Kier molecular flexibility index (Phi) is 5.22. The minimum Gasteiger partial charge on any atom is -0.345 e. The van der Waals surface area contributed by atoms with Crippen LogP contribution in [0.15, 0.2) is 0 Å². The molecule has 2 heterocycles. The Labute approximate surface area is 121 Å². The van der Waals surface area contributed by atoms with E-state index in [0.717, 1.165) is 0 Å². The number of aromatic nitrogens is 1. The monoisotopic (exact) mass is 281 g/mol. The van der Waals surface area contributed by atoms with Gasteiger partial charge in [0, 0.05) is 23.5 Å². The Morgan fingerprint density at radius 1 is 1.47 bits per heavy atom. The molecule has 2 atom stereocenters. The lowest BCUT2D eigenvalue weighted by Crippen LogP contribution is -2.39. The summed E-state index contributed by atoms with van der Waals surface area (Å²) in [6, 6.07) is 1.11. The number of nitrogens with zero attached hydrogens (tertiary/aromatic N) is 2. The van der Waals surface area contributed by atoms with Crippen LogP contribution in [0.1, 0.15) is 62.6 Å². The molecule has 19 heavy (non-hydrogen) atoms. The maximum Gasteiger partial charge on any atom is 0.186 e. The summed E-state index contributed by atoms with van der Waals surface area (Å²) in [4.78, 5) is 8.79. The van der Waals surface area contributed by atoms with Crippen LogP contribution in [0.3, 0.4) is 0 Å². The zero-order valence-corrected chi connectivity index (χ0v) is 13.5. The lowest BCUT2D eigenvalue weighted by atomic mass is 9.99. The molecule has 1 aromatic heterocycles. The minimum absolute atomic E-state index is 0.403. The Hall–Kier alpha value is -0.610. The molecule has 1 aromatic rings. The van der Waals surface area contributed by atoms with Crippen LogP contribution < -0.4 is 10.2 Å². The molecule has 1 aliphatic rings. The van der Waals surface area contributed by atoms with Crippen LogP contribution in [0.5, 0.6) is 0 Å². The molecule has 4 heteroatoms. The molecule has 0 saturated carbocycles. The molecule has 3 nitrogen and oxygen atoms in total. The normalized spacial score (nSPS) is 21.7. The van der Waals surface area contributed by atoms with Crippen molar-refractivity contribution in [2.24, 2.45) is 0 Å². The highest BCUT2D eigenvalue weighted by Crippen LogP contribution is 2.34. The van der Waals surface area contributed by atoms with Gasteiger partial charge in [-0.1, -0.05) is 13.3 Å². The van der Waals surface area contributed by atoms with Crippen molar-refractivity contribution >= 4 is 16.5 Å². The van der Waals surface area contributed by atoms with Gasteiger partial charge in [0.25, 0.3) is 0 Å². The van der Waals surface area contributed by atoms with E-state index < -0.39 is 0 Å². The topological polar surface area (TPSA) is 28.2 Å². The molecule has 0 amide bonds. The lowest BCUT2D eigenvalue weighted by molar-refractivity contribution is 0.434. The van der Waals surface area contributed by atoms with Crippen molar-refractivity contribution in [2.75, 3.05) is 18.5 Å². The molecular formula is C15H27N3S. The molecule has 1 fully saturated rings. The zero-order valence-electron chi connectivity index (χ0n) is 12.7. The van der Waals surface area contributed by atoms with Gasteiger partial charge in [0.05, 0.1) is 5.69 Å². The summed E-state index contributed by atoms with van der Waals surface area (Å²) in [5.74, 6) is 0. The largest absolute Gasteiger partial charge is 0.345 e. The van der Waals surface area contributed by atoms with E-state index in [9.17, 15) is 0 Å². The number of anilines is 1. The molecule has 0 aliphatic carbocycles. The van der Waals surface area contributed by atoms with Crippen LogP contribution in [-0.2, 0) is 0 Å². The molecular weight excluding hydrogens is 254 g/mol. The van der Waals surface area contributed by atoms with Gasteiger partial charge in [0.1, 0.15) is 0 Å². The lowest BCUT2D eigenvalue weighted by Gasteiger charge is -2.35. The first-order valence-corrected chi connectivity index (χ1v) is 8.40. The van der Waals surface area contributed by atoms with Crippen molar-refractivity contribution in [3.05, 3.63) is 10.6 Å². The fourth-order valence-corrected chi connectivity index (χ4v) is 4.16. The van der Waals surface area contributed by atoms with Crippen LogP contribution in [0.2, 0.25) is 0 Å². The van der Waals surface area contributed by atoms with Gasteiger partial charge in [-0.2, -0.15) is 0 Å². The number of hydrogen-bond acceptors (Lipinski definition) is 4. The molecule has 1 N–H and O–H groups in total. The fourth-order valence-electron chi connectivity index (χ4n) is 2.93. The molecule has 108 valence electrons. The summed E-state index contributed by atoms with van der Waals surface area (Å²) in [6.45, 7) is 7.82. The summed E-state index contributed by atoms with van der Waals surface area (Å²) in [5.41, 5.74) is 1.20. The van der Waals surface area contributed by atoms with Crippen LogP contribution >= 0.6 is 11.3 Å². The van der Waals surface area contributed by atoms with Gasteiger partial charge in [-0.05, 0) is 46.6 Å². The maximum atomic E-state index is 4.84. The van der Waals surface area contributed by atoms with E-state index in [-0.39, 0.29) is 0 Å². The molecule has 0 bridgehead atoms. The van der Waals surface area contributed by atoms with E-state index in [0.29, 0.717) is 12.1 Å². The highest BCUT2D eigenvalue weighted by Gasteiger charge is 2.25. The first kappa shape index (κ1) is 14.8. The van der Waals surface area contributed by atoms with Crippen molar-refractivity contribution < 1.29 is 0 Å². The van der Waals surface area contributed by atoms with Gasteiger partial charge < -0.3 is 10.2 Å². The number of rotatable bonds is 5. The quantitative estimate of drug-likeness (QED) is 0.887. The van der Waals surface area contributed by atoms with Crippen molar-refractivity contribution in [3.8, 4) is 0 Å². The van der Waals surface area contributed by atoms with Crippen LogP contribution in [0, 0.1) is 6.92 Å². The predicted octanol–water partition coefficient (Wildman–Crippen LogP) is 3.89. The average Bonchev–Trinajstić information content (AvgIpc) is 2.81. The van der Waals surface area contributed by atoms with Crippen molar-refractivity contribution in [1.82, 2.24) is 10.3 Å². The fraction of sp³-hybridized carbons (Fsp3) is 0.800. The predicted molar refractivity (Wildman–Crippen MR) is 84.2 cm³/mol. The number of nitrogens with one attached hydrogen (secondary N) is 1. The van der Waals surface area contributed by atoms with Crippen LogP contribution in [0.4, 0.5) is 5.13 Å². The Morgan fingerprint density at radius 2 is 2.26 bits per heavy atom. The summed E-state index contributed by atoms with van der Waals surface area (Å²) >= 11 is 1.88. The Bertz CT molecular complexity index is 400. The van der Waals surface area contributed by atoms with Gasteiger partial charge >= 0.3 is 0 Å². The van der Waals surface area contributed by atoms with E-state index in [2.05, 4.69) is 31.0 Å². The smallest absolute Gasteiger partial charge is 0.186 e. The molecule has 1 saturated heterocycles. The number of thiazole rings is 1. The Morgan fingerprint density at radius 3 is 2.95 bits per heavy atom. The highest BCUT2D eigenvalue weighted by atomic mass is 32.1. The van der Waals surface area contributed by atoms with Crippen molar-refractivity contribution in [2.45, 2.75) is 65.0 Å². The third-order valence-corrected chi connectivity index (χ3v) is 5.52.